The molecule has 32 heavy (non-hydrogen) atoms. The number of hydrogen-bond acceptors (Lipinski definition) is 6. The Balaban J connectivity index is 1.65. The van der Waals surface area contributed by atoms with E-state index in [0.717, 1.165) is 22.6 Å². The minimum absolute atomic E-state index is 0.234. The van der Waals surface area contributed by atoms with Crippen molar-refractivity contribution in [1.29, 1.82) is 0 Å². The van der Waals surface area contributed by atoms with Gasteiger partial charge in [0.15, 0.2) is 0 Å². The van der Waals surface area contributed by atoms with E-state index in [1.165, 1.54) is 4.31 Å². The lowest BCUT2D eigenvalue weighted by molar-refractivity contribution is -0.132. The van der Waals surface area contributed by atoms with Crippen molar-refractivity contribution in [2.45, 2.75) is 20.3 Å². The highest BCUT2D eigenvalue weighted by atomic mass is 32.2. The second-order valence-corrected chi connectivity index (χ2v) is 9.92. The molecule has 1 saturated heterocycles. The van der Waals surface area contributed by atoms with E-state index in [-0.39, 0.29) is 12.2 Å². The molecule has 2 aromatic rings. The Bertz CT molecular complexity index is 1010. The molecule has 1 aliphatic rings. The van der Waals surface area contributed by atoms with Gasteiger partial charge in [0.2, 0.25) is 15.9 Å². The van der Waals surface area contributed by atoms with Crippen LogP contribution in [0.2, 0.25) is 0 Å². The van der Waals surface area contributed by atoms with E-state index >= 15 is 0 Å². The molecule has 1 fully saturated rings. The van der Waals surface area contributed by atoms with Gasteiger partial charge >= 0.3 is 0 Å². The molecule has 1 heterocycles. The lowest BCUT2D eigenvalue weighted by atomic mass is 10.0. The van der Waals surface area contributed by atoms with Crippen LogP contribution in [0.1, 0.15) is 18.1 Å². The zero-order chi connectivity index (χ0) is 23.1. The molecule has 0 aromatic heterocycles. The quantitative estimate of drug-likeness (QED) is 0.439. The Morgan fingerprint density at radius 2 is 1.81 bits per heavy atom. The summed E-state index contributed by atoms with van der Waals surface area (Å²) in [7, 11) is -3.67. The third-order valence-corrected chi connectivity index (χ3v) is 7.65. The van der Waals surface area contributed by atoms with E-state index in [2.05, 4.69) is 4.90 Å². The molecule has 3 rings (SSSR count). The number of nitrogens with one attached hydrogen (secondary N) is 1. The van der Waals surface area contributed by atoms with Crippen LogP contribution in [0.25, 0.3) is 0 Å². The molecule has 0 spiro atoms. The van der Waals surface area contributed by atoms with Crippen LogP contribution in [-0.4, -0.2) is 62.4 Å². The van der Waals surface area contributed by atoms with E-state index < -0.39 is 21.8 Å². The zero-order valence-corrected chi connectivity index (χ0v) is 19.3. The summed E-state index contributed by atoms with van der Waals surface area (Å²) in [6.07, 6.45) is 0.234. The van der Waals surface area contributed by atoms with Gasteiger partial charge in [0.25, 0.3) is 0 Å². The number of nitrogens with zero attached hydrogens (tertiary/aromatic N) is 2. The molecule has 9 heteroatoms. The Morgan fingerprint density at radius 1 is 1.12 bits per heavy atom. The molecule has 174 valence electrons. The van der Waals surface area contributed by atoms with Crippen LogP contribution in [-0.2, 0) is 21.2 Å². The van der Waals surface area contributed by atoms with Crippen molar-refractivity contribution in [3.63, 3.8) is 0 Å². The third-order valence-electron chi connectivity index (χ3n) is 5.67. The van der Waals surface area contributed by atoms with Crippen LogP contribution in [0, 0.1) is 12.8 Å². The Kier molecular flexibility index (Phi) is 8.11. The number of amides is 1. The maximum Gasteiger partial charge on any atom is 0.247 e. The number of sulfonamides is 1. The van der Waals surface area contributed by atoms with Gasteiger partial charge in [0.1, 0.15) is 5.75 Å². The number of ether oxygens (including phenoxy) is 1. The number of hydroxylamine groups is 1. The van der Waals surface area contributed by atoms with E-state index in [9.17, 15) is 13.2 Å². The number of carbonyl (C=O) groups is 1. The summed E-state index contributed by atoms with van der Waals surface area (Å²) < 4.78 is 33.1. The highest BCUT2D eigenvalue weighted by Gasteiger charge is 2.32. The number of aryl methyl sites for hydroxylation is 1. The predicted octanol–water partition coefficient (Wildman–Crippen LogP) is 2.21. The fourth-order valence-corrected chi connectivity index (χ4v) is 5.73. The molecule has 1 atom stereocenters. The molecule has 1 amide bonds. The largest absolute Gasteiger partial charge is 0.494 e. The van der Waals surface area contributed by atoms with Gasteiger partial charge in [-0.1, -0.05) is 30.3 Å². The van der Waals surface area contributed by atoms with Crippen molar-refractivity contribution in [2.24, 2.45) is 5.92 Å². The van der Waals surface area contributed by atoms with Crippen LogP contribution in [0.3, 0.4) is 0 Å². The molecule has 2 N–H and O–H groups in total. The van der Waals surface area contributed by atoms with Gasteiger partial charge in [-0.05, 0) is 49.6 Å². The van der Waals surface area contributed by atoms with Crippen molar-refractivity contribution in [3.8, 4) is 5.75 Å². The highest BCUT2D eigenvalue weighted by molar-refractivity contribution is 7.89. The molecule has 8 nitrogen and oxygen atoms in total. The van der Waals surface area contributed by atoms with Crippen LogP contribution in [0.15, 0.2) is 48.5 Å². The topological polar surface area (TPSA) is 99.2 Å². The average Bonchev–Trinajstić information content (AvgIpc) is 2.79. The highest BCUT2D eigenvalue weighted by Crippen LogP contribution is 2.26. The van der Waals surface area contributed by atoms with Gasteiger partial charge in [0, 0.05) is 31.9 Å². The molecule has 2 aromatic carbocycles. The third kappa shape index (κ3) is 5.99. The van der Waals surface area contributed by atoms with Gasteiger partial charge < -0.3 is 9.64 Å². The predicted molar refractivity (Wildman–Crippen MR) is 123 cm³/mol. The molecule has 0 bridgehead atoms. The summed E-state index contributed by atoms with van der Waals surface area (Å²) in [4.78, 5) is 14.3. The van der Waals surface area contributed by atoms with E-state index in [4.69, 9.17) is 9.94 Å². The summed E-state index contributed by atoms with van der Waals surface area (Å²) in [6, 6.07) is 15.1. The van der Waals surface area contributed by atoms with Gasteiger partial charge in [0.05, 0.1) is 18.3 Å². The van der Waals surface area contributed by atoms with Crippen molar-refractivity contribution >= 4 is 21.6 Å². The molecule has 0 aliphatic carbocycles. The van der Waals surface area contributed by atoms with Gasteiger partial charge in [-0.15, -0.1) is 0 Å². The second kappa shape index (κ2) is 10.8. The first-order valence-corrected chi connectivity index (χ1v) is 12.4. The summed E-state index contributed by atoms with van der Waals surface area (Å²) in [6.45, 7) is 6.36. The Hall–Kier alpha value is -2.62. The first-order chi connectivity index (χ1) is 15.3. The summed E-state index contributed by atoms with van der Waals surface area (Å²) in [5.41, 5.74) is 4.60. The van der Waals surface area contributed by atoms with Crippen LogP contribution in [0.5, 0.6) is 5.75 Å². The maximum atomic E-state index is 13.1. The van der Waals surface area contributed by atoms with E-state index in [1.807, 2.05) is 62.4 Å². The lowest BCUT2D eigenvalue weighted by Crippen LogP contribution is -2.50. The monoisotopic (exact) mass is 461 g/mol. The number of carbonyl (C=O) groups excluding carboxylic acids is 1. The minimum atomic E-state index is -3.67. The number of piperazine rings is 1. The Labute approximate surface area is 189 Å². The zero-order valence-electron chi connectivity index (χ0n) is 18.5. The first-order valence-electron chi connectivity index (χ1n) is 10.8. The van der Waals surface area contributed by atoms with Crippen molar-refractivity contribution in [2.75, 3.05) is 43.4 Å². The lowest BCUT2D eigenvalue weighted by Gasteiger charge is -2.36. The fourth-order valence-electron chi connectivity index (χ4n) is 4.02. The first kappa shape index (κ1) is 24.0. The number of hydrogen-bond donors (Lipinski definition) is 2. The van der Waals surface area contributed by atoms with E-state index in [0.29, 0.717) is 32.8 Å². The molecule has 1 aliphatic heterocycles. The molecule has 0 saturated carbocycles. The van der Waals surface area contributed by atoms with Gasteiger partial charge in [-0.2, -0.15) is 4.31 Å². The Morgan fingerprint density at radius 3 is 2.41 bits per heavy atom. The van der Waals surface area contributed by atoms with Crippen molar-refractivity contribution in [1.82, 2.24) is 9.79 Å². The normalized spacial score (nSPS) is 15.9. The molecular weight excluding hydrogens is 430 g/mol. The summed E-state index contributed by atoms with van der Waals surface area (Å²) in [5.74, 6) is -1.10. The summed E-state index contributed by atoms with van der Waals surface area (Å²) in [5, 5.41) is 9.11. The standard InChI is InChI=1S/C23H31N3O5S/c1-3-31-21-9-10-22(18(2)15-21)25-11-13-26(14-12-25)32(29,30)17-20(23(27)24-28)16-19-7-5-4-6-8-19/h4-10,15,20,28H,3,11-14,16-17H2,1-2H3,(H,24,27). The minimum Gasteiger partial charge on any atom is -0.494 e. The van der Waals surface area contributed by atoms with Crippen molar-refractivity contribution in [3.05, 3.63) is 59.7 Å². The average molecular weight is 462 g/mol. The summed E-state index contributed by atoms with van der Waals surface area (Å²) >= 11 is 0. The maximum absolute atomic E-state index is 13.1. The number of rotatable bonds is 9. The van der Waals surface area contributed by atoms with Crippen molar-refractivity contribution < 1.29 is 23.2 Å². The van der Waals surface area contributed by atoms with Gasteiger partial charge in [-0.25, -0.2) is 13.9 Å². The van der Waals surface area contributed by atoms with Gasteiger partial charge in [-0.3, -0.25) is 10.0 Å². The SMILES string of the molecule is CCOc1ccc(N2CCN(S(=O)(=O)CC(Cc3ccccc3)C(=O)NO)CC2)c(C)c1. The molecule has 1 unspecified atom stereocenters. The second-order valence-electron chi connectivity index (χ2n) is 7.91. The number of benzene rings is 2. The smallest absolute Gasteiger partial charge is 0.247 e. The number of anilines is 1. The van der Waals surface area contributed by atoms with Crippen LogP contribution >= 0.6 is 0 Å². The molecule has 0 radical (unpaired) electrons. The van der Waals surface area contributed by atoms with Crippen LogP contribution < -0.4 is 15.1 Å². The van der Waals surface area contributed by atoms with Crippen LogP contribution in [0.4, 0.5) is 5.69 Å². The fraction of sp³-hybridized carbons (Fsp3) is 0.435. The molecular formula is C23H31N3O5S. The van der Waals surface area contributed by atoms with E-state index in [1.54, 1.807) is 5.48 Å².